The minimum atomic E-state index is 0.158. The van der Waals surface area contributed by atoms with Crippen LogP contribution in [0.1, 0.15) is 50.0 Å². The standard InChI is InChI=1S/C23H32ClN3O2/c24-18-6-7-22-20(14-18)21(16-26-22)19(17-4-2-1-3-5-17)15-23(28)25-8-9-27-10-12-29-13-11-27/h6-7,14,16-17,19,26H,1-5,8-13,15H2,(H,25,28)/t19-/m1/s1. The van der Waals surface area contributed by atoms with Crippen LogP contribution < -0.4 is 5.32 Å². The predicted octanol–water partition coefficient (Wildman–Crippen LogP) is 4.32. The minimum absolute atomic E-state index is 0.158. The zero-order valence-electron chi connectivity index (χ0n) is 17.1. The van der Waals surface area contributed by atoms with Gasteiger partial charge in [-0.15, -0.1) is 0 Å². The number of halogens is 1. The SMILES string of the molecule is O=C(C[C@@H](c1c[nH]c2ccc(Cl)cc12)C1CCCCC1)NCCN1CCOCC1. The van der Waals surface area contributed by atoms with Gasteiger partial charge in [0.15, 0.2) is 0 Å². The minimum Gasteiger partial charge on any atom is -0.379 e. The molecule has 0 bridgehead atoms. The van der Waals surface area contributed by atoms with E-state index in [1.165, 1.54) is 37.7 Å². The van der Waals surface area contributed by atoms with Crippen LogP contribution in [0.5, 0.6) is 0 Å². The van der Waals surface area contributed by atoms with Crippen LogP contribution in [0.2, 0.25) is 5.02 Å². The number of morpholine rings is 1. The Bertz CT molecular complexity index is 810. The van der Waals surface area contributed by atoms with Crippen molar-refractivity contribution in [3.05, 3.63) is 35.0 Å². The second kappa shape index (κ2) is 9.96. The molecule has 1 aromatic heterocycles. The van der Waals surface area contributed by atoms with Gasteiger partial charge in [0.1, 0.15) is 0 Å². The number of aromatic nitrogens is 1. The van der Waals surface area contributed by atoms with Gasteiger partial charge in [0, 0.05) is 54.7 Å². The smallest absolute Gasteiger partial charge is 0.220 e. The Balaban J connectivity index is 1.44. The molecule has 4 rings (SSSR count). The zero-order valence-corrected chi connectivity index (χ0v) is 17.8. The third kappa shape index (κ3) is 5.33. The number of H-pyrrole nitrogens is 1. The molecule has 2 fully saturated rings. The Hall–Kier alpha value is -1.56. The highest BCUT2D eigenvalue weighted by Gasteiger charge is 2.29. The van der Waals surface area contributed by atoms with Gasteiger partial charge in [0.2, 0.25) is 5.91 Å². The van der Waals surface area contributed by atoms with E-state index in [1.807, 2.05) is 18.2 Å². The second-order valence-corrected chi connectivity index (χ2v) is 8.88. The van der Waals surface area contributed by atoms with Crippen molar-refractivity contribution in [3.63, 3.8) is 0 Å². The first-order valence-electron chi connectivity index (χ1n) is 11.0. The highest BCUT2D eigenvalue weighted by molar-refractivity contribution is 6.31. The van der Waals surface area contributed by atoms with E-state index in [-0.39, 0.29) is 11.8 Å². The Morgan fingerprint density at radius 3 is 2.83 bits per heavy atom. The molecule has 1 saturated carbocycles. The average molecular weight is 418 g/mol. The van der Waals surface area contributed by atoms with Gasteiger partial charge in [0.05, 0.1) is 13.2 Å². The molecule has 1 aliphatic heterocycles. The van der Waals surface area contributed by atoms with Crippen LogP contribution in [0.25, 0.3) is 10.9 Å². The lowest BCUT2D eigenvalue weighted by molar-refractivity contribution is -0.121. The molecule has 1 aromatic carbocycles. The number of carbonyl (C=O) groups is 1. The van der Waals surface area contributed by atoms with Gasteiger partial charge in [-0.25, -0.2) is 0 Å². The molecule has 2 aromatic rings. The summed E-state index contributed by atoms with van der Waals surface area (Å²) in [4.78, 5) is 18.6. The average Bonchev–Trinajstić information content (AvgIpc) is 3.16. The number of benzene rings is 1. The largest absolute Gasteiger partial charge is 0.379 e. The molecule has 0 unspecified atom stereocenters. The fourth-order valence-corrected chi connectivity index (χ4v) is 5.11. The number of aromatic amines is 1. The topological polar surface area (TPSA) is 57.4 Å². The third-order valence-electron chi connectivity index (χ3n) is 6.55. The molecule has 1 saturated heterocycles. The highest BCUT2D eigenvalue weighted by Crippen LogP contribution is 2.41. The van der Waals surface area contributed by atoms with Crippen molar-refractivity contribution in [1.82, 2.24) is 15.2 Å². The van der Waals surface area contributed by atoms with E-state index in [1.54, 1.807) is 0 Å². The molecule has 2 N–H and O–H groups in total. The first-order chi connectivity index (χ1) is 14.2. The van der Waals surface area contributed by atoms with Crippen molar-refractivity contribution in [2.45, 2.75) is 44.4 Å². The van der Waals surface area contributed by atoms with Gasteiger partial charge >= 0.3 is 0 Å². The number of hydrogen-bond donors (Lipinski definition) is 2. The number of hydrogen-bond acceptors (Lipinski definition) is 3. The molecule has 0 radical (unpaired) electrons. The molecule has 29 heavy (non-hydrogen) atoms. The molecular weight excluding hydrogens is 386 g/mol. The summed E-state index contributed by atoms with van der Waals surface area (Å²) in [6.07, 6.45) is 8.91. The zero-order chi connectivity index (χ0) is 20.1. The van der Waals surface area contributed by atoms with Crippen molar-refractivity contribution in [2.24, 2.45) is 5.92 Å². The van der Waals surface area contributed by atoms with Crippen molar-refractivity contribution < 1.29 is 9.53 Å². The van der Waals surface area contributed by atoms with Gasteiger partial charge in [-0.2, -0.15) is 0 Å². The van der Waals surface area contributed by atoms with Crippen LogP contribution in [0.3, 0.4) is 0 Å². The lowest BCUT2D eigenvalue weighted by Gasteiger charge is -2.30. The molecule has 2 heterocycles. The molecule has 2 aliphatic rings. The van der Waals surface area contributed by atoms with Crippen molar-refractivity contribution >= 4 is 28.4 Å². The van der Waals surface area contributed by atoms with Gasteiger partial charge < -0.3 is 15.0 Å². The first kappa shape index (κ1) is 20.7. The molecule has 5 nitrogen and oxygen atoms in total. The van der Waals surface area contributed by atoms with Crippen molar-refractivity contribution in [3.8, 4) is 0 Å². The molecule has 158 valence electrons. The van der Waals surface area contributed by atoms with Gasteiger partial charge in [0.25, 0.3) is 0 Å². The Morgan fingerprint density at radius 2 is 2.03 bits per heavy atom. The van der Waals surface area contributed by atoms with E-state index in [9.17, 15) is 4.79 Å². The van der Waals surface area contributed by atoms with Gasteiger partial charge in [-0.1, -0.05) is 30.9 Å². The lowest BCUT2D eigenvalue weighted by Crippen LogP contribution is -2.41. The quantitative estimate of drug-likeness (QED) is 0.705. The fourth-order valence-electron chi connectivity index (χ4n) is 4.94. The number of carbonyl (C=O) groups excluding carboxylic acids is 1. The number of rotatable bonds is 7. The van der Waals surface area contributed by atoms with Crippen LogP contribution in [0, 0.1) is 5.92 Å². The summed E-state index contributed by atoms with van der Waals surface area (Å²) in [6.45, 7) is 5.09. The van der Waals surface area contributed by atoms with Gasteiger partial charge in [-0.05, 0) is 48.4 Å². The van der Waals surface area contributed by atoms with Crippen LogP contribution >= 0.6 is 11.6 Å². The molecule has 1 atom stereocenters. The normalized spacial score (nSPS) is 20.0. The maximum Gasteiger partial charge on any atom is 0.220 e. The molecule has 1 aliphatic carbocycles. The molecule has 6 heteroatoms. The molecule has 0 spiro atoms. The summed E-state index contributed by atoms with van der Waals surface area (Å²) in [7, 11) is 0. The van der Waals surface area contributed by atoms with Gasteiger partial charge in [-0.3, -0.25) is 9.69 Å². The summed E-state index contributed by atoms with van der Waals surface area (Å²) in [5.74, 6) is 0.961. The van der Waals surface area contributed by atoms with Crippen LogP contribution in [-0.4, -0.2) is 55.2 Å². The summed E-state index contributed by atoms with van der Waals surface area (Å²) in [6, 6.07) is 5.98. The van der Waals surface area contributed by atoms with E-state index in [0.29, 0.717) is 18.9 Å². The fraction of sp³-hybridized carbons (Fsp3) is 0.609. The lowest BCUT2D eigenvalue weighted by atomic mass is 9.75. The molecular formula is C23H32ClN3O2. The van der Waals surface area contributed by atoms with E-state index in [2.05, 4.69) is 21.4 Å². The summed E-state index contributed by atoms with van der Waals surface area (Å²) >= 11 is 6.28. The Kier molecular flexibility index (Phi) is 7.11. The van der Waals surface area contributed by atoms with E-state index < -0.39 is 0 Å². The monoisotopic (exact) mass is 417 g/mol. The van der Waals surface area contributed by atoms with Crippen molar-refractivity contribution in [1.29, 1.82) is 0 Å². The first-order valence-corrected chi connectivity index (χ1v) is 11.4. The number of ether oxygens (including phenoxy) is 1. The Labute approximate surface area is 178 Å². The van der Waals surface area contributed by atoms with Crippen LogP contribution in [0.4, 0.5) is 0 Å². The van der Waals surface area contributed by atoms with Crippen LogP contribution in [0.15, 0.2) is 24.4 Å². The maximum atomic E-state index is 12.8. The van der Waals surface area contributed by atoms with Crippen LogP contribution in [-0.2, 0) is 9.53 Å². The second-order valence-electron chi connectivity index (χ2n) is 8.45. The van der Waals surface area contributed by atoms with E-state index >= 15 is 0 Å². The number of nitrogens with one attached hydrogen (secondary N) is 2. The van der Waals surface area contributed by atoms with Crippen molar-refractivity contribution in [2.75, 3.05) is 39.4 Å². The predicted molar refractivity (Wildman–Crippen MR) is 118 cm³/mol. The summed E-state index contributed by atoms with van der Waals surface area (Å²) in [5, 5.41) is 5.07. The number of nitrogens with zero attached hydrogens (tertiary/aromatic N) is 1. The molecule has 1 amide bonds. The third-order valence-corrected chi connectivity index (χ3v) is 6.79. The Morgan fingerprint density at radius 1 is 1.24 bits per heavy atom. The summed E-state index contributed by atoms with van der Waals surface area (Å²) < 4.78 is 5.39. The summed E-state index contributed by atoms with van der Waals surface area (Å²) in [5.41, 5.74) is 2.34. The number of fused-ring (bicyclic) bond motifs is 1. The van der Waals surface area contributed by atoms with E-state index in [4.69, 9.17) is 16.3 Å². The highest BCUT2D eigenvalue weighted by atomic mass is 35.5. The van der Waals surface area contributed by atoms with E-state index in [0.717, 1.165) is 48.8 Å². The number of amides is 1. The maximum absolute atomic E-state index is 12.8.